The zero-order valence-electron chi connectivity index (χ0n) is 10.1. The van der Waals surface area contributed by atoms with E-state index in [1.807, 2.05) is 0 Å². The van der Waals surface area contributed by atoms with Crippen LogP contribution in [0.25, 0.3) is 11.1 Å². The van der Waals surface area contributed by atoms with E-state index in [-0.39, 0.29) is 5.56 Å². The summed E-state index contributed by atoms with van der Waals surface area (Å²) in [5.74, 6) is -3.70. The Kier molecular flexibility index (Phi) is 3.85. The van der Waals surface area contributed by atoms with Crippen LogP contribution < -0.4 is 5.32 Å². The first-order chi connectivity index (χ1) is 9.02. The molecule has 0 aromatic heterocycles. The quantitative estimate of drug-likeness (QED) is 0.839. The minimum atomic E-state index is -1.06. The van der Waals surface area contributed by atoms with Crippen molar-refractivity contribution in [3.05, 3.63) is 59.2 Å². The van der Waals surface area contributed by atoms with Crippen molar-refractivity contribution >= 4 is 0 Å². The largest absolute Gasteiger partial charge is 0.316 e. The van der Waals surface area contributed by atoms with E-state index in [9.17, 15) is 17.6 Å². The molecule has 2 aromatic rings. The van der Waals surface area contributed by atoms with Crippen LogP contribution in [0.5, 0.6) is 0 Å². The van der Waals surface area contributed by atoms with Gasteiger partial charge in [0.2, 0.25) is 0 Å². The standard InChI is InChI=1S/C14H11F4N/c1-19-7-9-3-2-8(4-11(9)16)14-12(17)5-10(15)6-13(14)18/h2-6,19H,7H2,1H3. The fourth-order valence-electron chi connectivity index (χ4n) is 1.85. The number of nitrogens with one attached hydrogen (secondary N) is 1. The van der Waals surface area contributed by atoms with Gasteiger partial charge in [0.25, 0.3) is 0 Å². The van der Waals surface area contributed by atoms with Crippen molar-refractivity contribution in [2.45, 2.75) is 6.54 Å². The van der Waals surface area contributed by atoms with Gasteiger partial charge in [-0.1, -0.05) is 12.1 Å². The summed E-state index contributed by atoms with van der Waals surface area (Å²) in [5, 5.41) is 2.78. The molecule has 0 aliphatic rings. The lowest BCUT2D eigenvalue weighted by Crippen LogP contribution is -2.07. The van der Waals surface area contributed by atoms with Gasteiger partial charge in [-0.05, 0) is 18.7 Å². The highest BCUT2D eigenvalue weighted by atomic mass is 19.1. The summed E-state index contributed by atoms with van der Waals surface area (Å²) in [6.45, 7) is 0.306. The Morgan fingerprint density at radius 2 is 1.53 bits per heavy atom. The average Bonchev–Trinajstić information content (AvgIpc) is 2.31. The molecular formula is C14H11F4N. The van der Waals surface area contributed by atoms with Crippen LogP contribution in [-0.2, 0) is 6.54 Å². The second kappa shape index (κ2) is 5.40. The van der Waals surface area contributed by atoms with Crippen LogP contribution in [0.3, 0.4) is 0 Å². The van der Waals surface area contributed by atoms with Crippen molar-refractivity contribution in [3.8, 4) is 11.1 Å². The maximum Gasteiger partial charge on any atom is 0.136 e. The molecule has 0 saturated heterocycles. The van der Waals surface area contributed by atoms with Gasteiger partial charge in [0.05, 0.1) is 5.56 Å². The Morgan fingerprint density at radius 3 is 2.05 bits per heavy atom. The molecule has 0 radical (unpaired) electrons. The number of benzene rings is 2. The lowest BCUT2D eigenvalue weighted by atomic mass is 10.0. The van der Waals surface area contributed by atoms with Gasteiger partial charge in [-0.25, -0.2) is 17.6 Å². The summed E-state index contributed by atoms with van der Waals surface area (Å²) in [7, 11) is 1.66. The molecule has 100 valence electrons. The van der Waals surface area contributed by atoms with Crippen LogP contribution in [0.15, 0.2) is 30.3 Å². The maximum absolute atomic E-state index is 13.7. The van der Waals surface area contributed by atoms with Crippen LogP contribution in [0.4, 0.5) is 17.6 Å². The first-order valence-electron chi connectivity index (χ1n) is 5.61. The Morgan fingerprint density at radius 1 is 0.895 bits per heavy atom. The first-order valence-corrected chi connectivity index (χ1v) is 5.61. The number of hydrogen-bond acceptors (Lipinski definition) is 1. The zero-order chi connectivity index (χ0) is 14.0. The molecule has 0 aliphatic heterocycles. The Bertz CT molecular complexity index is 587. The second-order valence-corrected chi connectivity index (χ2v) is 4.08. The van der Waals surface area contributed by atoms with Crippen molar-refractivity contribution in [2.75, 3.05) is 7.05 Å². The summed E-state index contributed by atoms with van der Waals surface area (Å²) >= 11 is 0. The normalized spacial score (nSPS) is 10.8. The summed E-state index contributed by atoms with van der Waals surface area (Å²) in [5.41, 5.74) is -0.0159. The van der Waals surface area contributed by atoms with Crippen molar-refractivity contribution in [1.82, 2.24) is 5.32 Å². The molecule has 0 fully saturated rings. The van der Waals surface area contributed by atoms with Crippen LogP contribution in [-0.4, -0.2) is 7.05 Å². The van der Waals surface area contributed by atoms with Crippen LogP contribution in [0.1, 0.15) is 5.56 Å². The molecule has 2 rings (SSSR count). The minimum Gasteiger partial charge on any atom is -0.316 e. The van der Waals surface area contributed by atoms with Crippen molar-refractivity contribution in [3.63, 3.8) is 0 Å². The van der Waals surface area contributed by atoms with Crippen molar-refractivity contribution < 1.29 is 17.6 Å². The average molecular weight is 269 g/mol. The number of rotatable bonds is 3. The maximum atomic E-state index is 13.7. The molecule has 1 nitrogen and oxygen atoms in total. The molecular weight excluding hydrogens is 258 g/mol. The monoisotopic (exact) mass is 269 g/mol. The fraction of sp³-hybridized carbons (Fsp3) is 0.143. The van der Waals surface area contributed by atoms with E-state index in [0.717, 1.165) is 6.07 Å². The number of halogens is 4. The summed E-state index contributed by atoms with van der Waals surface area (Å²) in [6, 6.07) is 5.00. The van der Waals surface area contributed by atoms with E-state index < -0.39 is 28.8 Å². The molecule has 0 amide bonds. The predicted octanol–water partition coefficient (Wildman–Crippen LogP) is 3.63. The minimum absolute atomic E-state index is 0.0346. The highest BCUT2D eigenvalue weighted by molar-refractivity contribution is 5.65. The third-order valence-electron chi connectivity index (χ3n) is 2.72. The molecule has 0 atom stereocenters. The van der Waals surface area contributed by atoms with E-state index in [4.69, 9.17) is 0 Å². The van der Waals surface area contributed by atoms with Gasteiger partial charge in [-0.3, -0.25) is 0 Å². The molecule has 2 aromatic carbocycles. The second-order valence-electron chi connectivity index (χ2n) is 4.08. The third kappa shape index (κ3) is 2.76. The molecule has 0 unspecified atom stereocenters. The van der Waals surface area contributed by atoms with Crippen LogP contribution in [0.2, 0.25) is 0 Å². The third-order valence-corrected chi connectivity index (χ3v) is 2.72. The van der Waals surface area contributed by atoms with Gasteiger partial charge < -0.3 is 5.32 Å². The summed E-state index contributed by atoms with van der Waals surface area (Å²) in [4.78, 5) is 0. The lowest BCUT2D eigenvalue weighted by Gasteiger charge is -2.08. The summed E-state index contributed by atoms with van der Waals surface area (Å²) in [6.07, 6.45) is 0. The first kappa shape index (κ1) is 13.5. The molecule has 5 heteroatoms. The van der Waals surface area contributed by atoms with E-state index >= 15 is 0 Å². The van der Waals surface area contributed by atoms with Gasteiger partial charge in [0, 0.05) is 24.2 Å². The highest BCUT2D eigenvalue weighted by Gasteiger charge is 2.15. The van der Waals surface area contributed by atoms with Gasteiger partial charge in [-0.15, -0.1) is 0 Å². The van der Waals surface area contributed by atoms with E-state index in [2.05, 4.69) is 5.32 Å². The van der Waals surface area contributed by atoms with E-state index in [1.165, 1.54) is 12.1 Å². The van der Waals surface area contributed by atoms with E-state index in [1.54, 1.807) is 7.05 Å². The van der Waals surface area contributed by atoms with Gasteiger partial charge >= 0.3 is 0 Å². The lowest BCUT2D eigenvalue weighted by molar-refractivity contribution is 0.547. The molecule has 1 N–H and O–H groups in total. The molecule has 0 spiro atoms. The van der Waals surface area contributed by atoms with Gasteiger partial charge in [0.15, 0.2) is 0 Å². The molecule has 0 heterocycles. The zero-order valence-corrected chi connectivity index (χ0v) is 10.1. The van der Waals surface area contributed by atoms with Crippen molar-refractivity contribution in [2.24, 2.45) is 0 Å². The predicted molar refractivity (Wildman–Crippen MR) is 64.5 cm³/mol. The fourth-order valence-corrected chi connectivity index (χ4v) is 1.85. The molecule has 0 saturated carbocycles. The molecule has 19 heavy (non-hydrogen) atoms. The Balaban J connectivity index is 2.51. The Hall–Kier alpha value is -1.88. The van der Waals surface area contributed by atoms with Gasteiger partial charge in [0.1, 0.15) is 23.3 Å². The smallest absolute Gasteiger partial charge is 0.136 e. The van der Waals surface area contributed by atoms with Crippen LogP contribution >= 0.6 is 0 Å². The molecule has 0 bridgehead atoms. The van der Waals surface area contributed by atoms with Crippen LogP contribution in [0, 0.1) is 23.3 Å². The topological polar surface area (TPSA) is 12.0 Å². The highest BCUT2D eigenvalue weighted by Crippen LogP contribution is 2.28. The Labute approximate surface area is 107 Å². The van der Waals surface area contributed by atoms with Gasteiger partial charge in [-0.2, -0.15) is 0 Å². The van der Waals surface area contributed by atoms with Crippen molar-refractivity contribution in [1.29, 1.82) is 0 Å². The SMILES string of the molecule is CNCc1ccc(-c2c(F)cc(F)cc2F)cc1F. The van der Waals surface area contributed by atoms with E-state index in [0.29, 0.717) is 24.2 Å². The molecule has 0 aliphatic carbocycles. The summed E-state index contributed by atoms with van der Waals surface area (Å²) < 4.78 is 53.6. The number of hydrogen-bond donors (Lipinski definition) is 1.